The summed E-state index contributed by atoms with van der Waals surface area (Å²) in [5.41, 5.74) is 1.48. The van der Waals surface area contributed by atoms with Crippen LogP contribution in [0.5, 0.6) is 0 Å². The van der Waals surface area contributed by atoms with Crippen LogP contribution >= 0.6 is 0 Å². The quantitative estimate of drug-likeness (QED) is 0.653. The van der Waals surface area contributed by atoms with Crippen molar-refractivity contribution in [1.29, 1.82) is 0 Å². The molecule has 0 spiro atoms. The van der Waals surface area contributed by atoms with E-state index in [4.69, 9.17) is 4.52 Å². The minimum Gasteiger partial charge on any atom is -0.350 e. The lowest BCUT2D eigenvalue weighted by Gasteiger charge is -2.12. The van der Waals surface area contributed by atoms with Crippen molar-refractivity contribution >= 4 is 17.5 Å². The zero-order valence-electron chi connectivity index (χ0n) is 15.7. The van der Waals surface area contributed by atoms with Gasteiger partial charge in [0.2, 0.25) is 17.6 Å². The van der Waals surface area contributed by atoms with Gasteiger partial charge in [-0.1, -0.05) is 23.4 Å². The van der Waals surface area contributed by atoms with E-state index < -0.39 is 0 Å². The van der Waals surface area contributed by atoms with Gasteiger partial charge in [-0.05, 0) is 38.1 Å². The van der Waals surface area contributed by atoms with Gasteiger partial charge in [0.25, 0.3) is 5.91 Å². The number of carbonyl (C=O) groups excluding carboxylic acids is 2. The number of nitrogens with zero attached hydrogens (tertiary/aromatic N) is 3. The lowest BCUT2D eigenvalue weighted by atomic mass is 10.1. The third-order valence-corrected chi connectivity index (χ3v) is 3.79. The van der Waals surface area contributed by atoms with Crippen molar-refractivity contribution in [2.24, 2.45) is 0 Å². The van der Waals surface area contributed by atoms with Gasteiger partial charge >= 0.3 is 0 Å². The van der Waals surface area contributed by atoms with Crippen LogP contribution in [0.2, 0.25) is 0 Å². The van der Waals surface area contributed by atoms with E-state index in [-0.39, 0.29) is 30.7 Å². The molecule has 2 N–H and O–H groups in total. The Bertz CT molecular complexity index is 953. The maximum Gasteiger partial charge on any atom is 0.253 e. The van der Waals surface area contributed by atoms with Crippen LogP contribution in [0.4, 0.5) is 5.69 Å². The molecule has 2 aromatic heterocycles. The van der Waals surface area contributed by atoms with Crippen LogP contribution in [-0.2, 0) is 11.2 Å². The predicted molar refractivity (Wildman–Crippen MR) is 104 cm³/mol. The molecule has 1 aromatic carbocycles. The summed E-state index contributed by atoms with van der Waals surface area (Å²) in [6.45, 7) is 3.76. The van der Waals surface area contributed by atoms with Crippen LogP contribution in [0, 0.1) is 0 Å². The van der Waals surface area contributed by atoms with Crippen molar-refractivity contribution in [1.82, 2.24) is 20.4 Å². The molecule has 28 heavy (non-hydrogen) atoms. The van der Waals surface area contributed by atoms with Gasteiger partial charge in [-0.2, -0.15) is 4.98 Å². The van der Waals surface area contributed by atoms with Crippen LogP contribution in [-0.4, -0.2) is 33.0 Å². The Morgan fingerprint density at radius 2 is 1.89 bits per heavy atom. The topological polar surface area (TPSA) is 110 Å². The Morgan fingerprint density at radius 3 is 2.64 bits per heavy atom. The fourth-order valence-corrected chi connectivity index (χ4v) is 2.52. The first kappa shape index (κ1) is 19.2. The highest BCUT2D eigenvalue weighted by atomic mass is 16.5. The van der Waals surface area contributed by atoms with Crippen LogP contribution in [0.3, 0.4) is 0 Å². The summed E-state index contributed by atoms with van der Waals surface area (Å²) < 4.78 is 5.18. The molecule has 8 nitrogen and oxygen atoms in total. The molecule has 0 atom stereocenters. The minimum atomic E-state index is -0.248. The second kappa shape index (κ2) is 8.90. The SMILES string of the molecule is CC(C)NC(=O)c1ccccc1NC(=O)CCc1nc(-c2ccccn2)no1. The van der Waals surface area contributed by atoms with E-state index in [1.807, 2.05) is 19.9 Å². The number of nitrogens with one attached hydrogen (secondary N) is 2. The second-order valence-electron chi connectivity index (χ2n) is 6.45. The maximum absolute atomic E-state index is 12.3. The molecule has 0 aliphatic carbocycles. The van der Waals surface area contributed by atoms with Crippen molar-refractivity contribution < 1.29 is 14.1 Å². The molecule has 2 amide bonds. The molecule has 0 radical (unpaired) electrons. The maximum atomic E-state index is 12.3. The summed E-state index contributed by atoms with van der Waals surface area (Å²) in [5, 5.41) is 9.47. The van der Waals surface area contributed by atoms with Crippen LogP contribution in [0.15, 0.2) is 53.2 Å². The van der Waals surface area contributed by atoms with Gasteiger partial charge in [0.1, 0.15) is 5.69 Å². The van der Waals surface area contributed by atoms with Crippen molar-refractivity contribution in [2.45, 2.75) is 32.7 Å². The van der Waals surface area contributed by atoms with E-state index in [9.17, 15) is 9.59 Å². The number of anilines is 1. The summed E-state index contributed by atoms with van der Waals surface area (Å²) in [7, 11) is 0. The Labute approximate surface area is 162 Å². The molecule has 144 valence electrons. The van der Waals surface area contributed by atoms with E-state index >= 15 is 0 Å². The molecular weight excluding hydrogens is 358 g/mol. The number of hydrogen-bond donors (Lipinski definition) is 2. The zero-order chi connectivity index (χ0) is 19.9. The van der Waals surface area contributed by atoms with Gasteiger partial charge in [-0.3, -0.25) is 14.6 Å². The van der Waals surface area contributed by atoms with Crippen molar-refractivity contribution in [2.75, 3.05) is 5.32 Å². The molecule has 0 unspecified atom stereocenters. The third kappa shape index (κ3) is 5.00. The summed E-state index contributed by atoms with van der Waals surface area (Å²) in [6.07, 6.45) is 2.07. The Balaban J connectivity index is 1.60. The average molecular weight is 379 g/mol. The van der Waals surface area contributed by atoms with E-state index in [1.54, 1.807) is 42.6 Å². The summed E-state index contributed by atoms with van der Waals surface area (Å²) in [4.78, 5) is 33.0. The summed E-state index contributed by atoms with van der Waals surface area (Å²) in [6, 6.07) is 12.3. The summed E-state index contributed by atoms with van der Waals surface area (Å²) >= 11 is 0. The van der Waals surface area contributed by atoms with Gasteiger partial charge < -0.3 is 15.2 Å². The molecular formula is C20H21N5O3. The number of carbonyl (C=O) groups is 2. The third-order valence-electron chi connectivity index (χ3n) is 3.79. The predicted octanol–water partition coefficient (Wildman–Crippen LogP) is 2.84. The fraction of sp³-hybridized carbons (Fsp3) is 0.250. The van der Waals surface area contributed by atoms with Crippen LogP contribution < -0.4 is 10.6 Å². The number of amides is 2. The molecule has 8 heteroatoms. The lowest BCUT2D eigenvalue weighted by Crippen LogP contribution is -2.31. The highest BCUT2D eigenvalue weighted by Gasteiger charge is 2.15. The van der Waals surface area contributed by atoms with Crippen molar-refractivity contribution in [3.8, 4) is 11.5 Å². The number of aryl methyl sites for hydroxylation is 1. The second-order valence-corrected chi connectivity index (χ2v) is 6.45. The molecule has 0 saturated carbocycles. The highest BCUT2D eigenvalue weighted by Crippen LogP contribution is 2.16. The first-order chi connectivity index (χ1) is 13.5. The van der Waals surface area contributed by atoms with Gasteiger partial charge in [0.05, 0.1) is 11.3 Å². The van der Waals surface area contributed by atoms with E-state index in [2.05, 4.69) is 25.8 Å². The molecule has 3 rings (SSSR count). The summed E-state index contributed by atoms with van der Waals surface area (Å²) in [5.74, 6) is 0.249. The largest absolute Gasteiger partial charge is 0.350 e. The molecule has 0 aliphatic heterocycles. The van der Waals surface area contributed by atoms with E-state index in [0.717, 1.165) is 0 Å². The number of aromatic nitrogens is 3. The minimum absolute atomic E-state index is 0.00193. The fourth-order valence-electron chi connectivity index (χ4n) is 2.52. The van der Waals surface area contributed by atoms with Gasteiger partial charge in [-0.25, -0.2) is 0 Å². The van der Waals surface area contributed by atoms with E-state index in [1.165, 1.54) is 0 Å². The average Bonchev–Trinajstić information content (AvgIpc) is 3.16. The number of hydrogen-bond acceptors (Lipinski definition) is 6. The first-order valence-electron chi connectivity index (χ1n) is 8.96. The highest BCUT2D eigenvalue weighted by molar-refractivity contribution is 6.03. The Kier molecular flexibility index (Phi) is 6.11. The van der Waals surface area contributed by atoms with Crippen LogP contribution in [0.1, 0.15) is 36.5 Å². The molecule has 0 saturated heterocycles. The molecule has 2 heterocycles. The van der Waals surface area contributed by atoms with Gasteiger partial charge in [-0.15, -0.1) is 0 Å². The standard InChI is InChI=1S/C20H21N5O3/c1-13(2)22-20(27)14-7-3-4-8-15(14)23-17(26)10-11-18-24-19(25-28-18)16-9-5-6-12-21-16/h3-9,12-13H,10-11H2,1-2H3,(H,22,27)(H,23,26). The molecule has 0 aliphatic rings. The van der Waals surface area contributed by atoms with Crippen LogP contribution in [0.25, 0.3) is 11.5 Å². The molecule has 0 fully saturated rings. The smallest absolute Gasteiger partial charge is 0.253 e. The molecule has 3 aromatic rings. The van der Waals surface area contributed by atoms with Crippen molar-refractivity contribution in [3.63, 3.8) is 0 Å². The van der Waals surface area contributed by atoms with Gasteiger partial charge in [0, 0.05) is 25.1 Å². The number of para-hydroxylation sites is 1. The molecule has 0 bridgehead atoms. The lowest BCUT2D eigenvalue weighted by molar-refractivity contribution is -0.116. The number of rotatable bonds is 7. The Morgan fingerprint density at radius 1 is 1.11 bits per heavy atom. The van der Waals surface area contributed by atoms with Crippen molar-refractivity contribution in [3.05, 3.63) is 60.1 Å². The monoisotopic (exact) mass is 379 g/mol. The number of benzene rings is 1. The zero-order valence-corrected chi connectivity index (χ0v) is 15.7. The van der Waals surface area contributed by atoms with E-state index in [0.29, 0.717) is 28.7 Å². The normalized spacial score (nSPS) is 10.7. The van der Waals surface area contributed by atoms with Gasteiger partial charge in [0.15, 0.2) is 0 Å². The first-order valence-corrected chi connectivity index (χ1v) is 8.96. The Hall–Kier alpha value is -3.55. The number of pyridine rings is 1.